The second-order valence-electron chi connectivity index (χ2n) is 6.86. The molecule has 0 radical (unpaired) electrons. The van der Waals surface area contributed by atoms with Crippen LogP contribution in [0, 0.1) is 12.8 Å². The molecule has 0 bridgehead atoms. The average Bonchev–Trinajstić information content (AvgIpc) is 2.69. The number of aryl methyl sites for hydroxylation is 1. The van der Waals surface area contributed by atoms with Crippen LogP contribution in [0.25, 0.3) is 0 Å². The third-order valence-electron chi connectivity index (χ3n) is 4.39. The minimum absolute atomic E-state index is 0.00770. The molecule has 8 heteroatoms. The van der Waals surface area contributed by atoms with Gasteiger partial charge < -0.3 is 9.68 Å². The zero-order valence-corrected chi connectivity index (χ0v) is 17.2. The van der Waals surface area contributed by atoms with Crippen LogP contribution in [0.3, 0.4) is 0 Å². The van der Waals surface area contributed by atoms with Gasteiger partial charge in [-0.25, -0.2) is 0 Å². The lowest BCUT2D eigenvalue weighted by molar-refractivity contribution is -0.137. The summed E-state index contributed by atoms with van der Waals surface area (Å²) in [7, 11) is 1.34. The van der Waals surface area contributed by atoms with Gasteiger partial charge in [0.2, 0.25) is 0 Å². The number of carbonyl (C=O) groups is 1. The van der Waals surface area contributed by atoms with E-state index in [0.29, 0.717) is 28.7 Å². The molecule has 2 aromatic carbocycles. The summed E-state index contributed by atoms with van der Waals surface area (Å²) in [5.74, 6) is -0.176. The highest BCUT2D eigenvalue weighted by molar-refractivity contribution is 6.36. The van der Waals surface area contributed by atoms with Crippen molar-refractivity contribution < 1.29 is 27.6 Å². The molecule has 0 N–H and O–H groups in total. The van der Waals surface area contributed by atoms with E-state index in [1.165, 1.54) is 13.2 Å². The Morgan fingerprint density at radius 1 is 1.13 bits per heavy atom. The van der Waals surface area contributed by atoms with E-state index in [4.69, 9.17) is 9.68 Å². The number of halogens is 3. The van der Waals surface area contributed by atoms with Crippen LogP contribution < -0.4 is 0 Å². The average molecular weight is 420 g/mol. The molecule has 5 nitrogen and oxygen atoms in total. The van der Waals surface area contributed by atoms with E-state index in [1.807, 2.05) is 26.8 Å². The molecule has 0 aromatic heterocycles. The van der Waals surface area contributed by atoms with E-state index < -0.39 is 11.7 Å². The van der Waals surface area contributed by atoms with E-state index in [0.717, 1.165) is 17.7 Å². The maximum atomic E-state index is 13.0. The second-order valence-corrected chi connectivity index (χ2v) is 6.86. The topological polar surface area (TPSA) is 60.2 Å². The summed E-state index contributed by atoms with van der Waals surface area (Å²) in [6.07, 6.45) is -3.87. The molecule has 0 saturated heterocycles. The number of alkyl halides is 3. The van der Waals surface area contributed by atoms with Crippen molar-refractivity contribution in [1.29, 1.82) is 0 Å². The summed E-state index contributed by atoms with van der Waals surface area (Å²) in [4.78, 5) is 21.6. The number of aldehydes is 1. The first-order valence-electron chi connectivity index (χ1n) is 9.21. The molecule has 0 fully saturated rings. The minimum Gasteiger partial charge on any atom is -0.399 e. The highest BCUT2D eigenvalue weighted by atomic mass is 19.4. The fourth-order valence-corrected chi connectivity index (χ4v) is 2.88. The standard InChI is InChI=1S/C22H23F3N2O3/c1-14(2)21(16-8-6-9-17(11-16)22(23,24)25)27-30-13-19-15(3)7-5-10-18(19)20(12-28)26-29-4/h5-12,14H,13H2,1-4H3/b26-20-,27-21+. The van der Waals surface area contributed by atoms with E-state index in [-0.39, 0.29) is 18.2 Å². The van der Waals surface area contributed by atoms with Crippen LogP contribution in [0.2, 0.25) is 0 Å². The van der Waals surface area contributed by atoms with Crippen molar-refractivity contribution >= 4 is 17.7 Å². The number of hydrogen-bond acceptors (Lipinski definition) is 5. The van der Waals surface area contributed by atoms with Crippen LogP contribution in [-0.4, -0.2) is 24.8 Å². The number of benzene rings is 2. The van der Waals surface area contributed by atoms with E-state index in [9.17, 15) is 18.0 Å². The van der Waals surface area contributed by atoms with Gasteiger partial charge in [-0.15, -0.1) is 0 Å². The van der Waals surface area contributed by atoms with Gasteiger partial charge in [0.25, 0.3) is 0 Å². The lowest BCUT2D eigenvalue weighted by Gasteiger charge is -2.14. The summed E-state index contributed by atoms with van der Waals surface area (Å²) >= 11 is 0. The molecule has 0 aliphatic heterocycles. The third-order valence-corrected chi connectivity index (χ3v) is 4.39. The number of hydrogen-bond donors (Lipinski definition) is 0. The summed E-state index contributed by atoms with van der Waals surface area (Å²) in [6.45, 7) is 5.49. The van der Waals surface area contributed by atoms with Gasteiger partial charge >= 0.3 is 6.18 Å². The van der Waals surface area contributed by atoms with Gasteiger partial charge in [-0.1, -0.05) is 54.5 Å². The van der Waals surface area contributed by atoms with Crippen molar-refractivity contribution in [1.82, 2.24) is 0 Å². The Morgan fingerprint density at radius 2 is 1.83 bits per heavy atom. The molecule has 0 unspecified atom stereocenters. The van der Waals surface area contributed by atoms with Gasteiger partial charge in [0.05, 0.1) is 11.3 Å². The number of oxime groups is 2. The van der Waals surface area contributed by atoms with Crippen LogP contribution in [0.5, 0.6) is 0 Å². The van der Waals surface area contributed by atoms with Gasteiger partial charge in [-0.05, 0) is 30.5 Å². The molecule has 0 saturated carbocycles. The predicted octanol–water partition coefficient (Wildman–Crippen LogP) is 5.14. The Labute approximate surface area is 173 Å². The van der Waals surface area contributed by atoms with Gasteiger partial charge in [-0.3, -0.25) is 4.79 Å². The Balaban J connectivity index is 2.35. The number of nitrogens with zero attached hydrogens (tertiary/aromatic N) is 2. The summed E-state index contributed by atoms with van der Waals surface area (Å²) in [6, 6.07) is 10.3. The molecule has 0 spiro atoms. The quantitative estimate of drug-likeness (QED) is 0.338. The predicted molar refractivity (Wildman–Crippen MR) is 108 cm³/mol. The van der Waals surface area contributed by atoms with Crippen LogP contribution >= 0.6 is 0 Å². The minimum atomic E-state index is -4.44. The van der Waals surface area contributed by atoms with Crippen molar-refractivity contribution in [3.05, 3.63) is 70.3 Å². The van der Waals surface area contributed by atoms with Gasteiger partial charge in [0, 0.05) is 16.7 Å². The second kappa shape index (κ2) is 10.0. The molecule has 0 aliphatic rings. The van der Waals surface area contributed by atoms with Crippen LogP contribution in [-0.2, 0) is 27.3 Å². The lowest BCUT2D eigenvalue weighted by atomic mass is 9.98. The highest BCUT2D eigenvalue weighted by Crippen LogP contribution is 2.30. The van der Waals surface area contributed by atoms with Crippen molar-refractivity contribution in [3.8, 4) is 0 Å². The van der Waals surface area contributed by atoms with Gasteiger partial charge in [0.1, 0.15) is 19.4 Å². The fourth-order valence-electron chi connectivity index (χ4n) is 2.88. The van der Waals surface area contributed by atoms with Crippen molar-refractivity contribution in [2.24, 2.45) is 16.2 Å². The summed E-state index contributed by atoms with van der Waals surface area (Å²) < 4.78 is 39.1. The Bertz CT molecular complexity index is 951. The van der Waals surface area contributed by atoms with Crippen molar-refractivity contribution in [2.45, 2.75) is 33.6 Å². The number of carbonyl (C=O) groups excluding carboxylic acids is 1. The monoisotopic (exact) mass is 420 g/mol. The molecule has 160 valence electrons. The number of rotatable bonds is 8. The normalized spacial score (nSPS) is 12.8. The molecule has 0 heterocycles. The first kappa shape index (κ1) is 23.1. The molecule has 2 rings (SSSR count). The Morgan fingerprint density at radius 3 is 2.43 bits per heavy atom. The Kier molecular flexibility index (Phi) is 7.74. The van der Waals surface area contributed by atoms with Crippen molar-refractivity contribution in [3.63, 3.8) is 0 Å². The van der Waals surface area contributed by atoms with E-state index in [2.05, 4.69) is 10.3 Å². The fraction of sp³-hybridized carbons (Fsp3) is 0.318. The molecule has 0 aliphatic carbocycles. The van der Waals surface area contributed by atoms with Gasteiger partial charge in [-0.2, -0.15) is 13.2 Å². The lowest BCUT2D eigenvalue weighted by Crippen LogP contribution is -2.13. The van der Waals surface area contributed by atoms with Crippen molar-refractivity contribution in [2.75, 3.05) is 7.11 Å². The molecular weight excluding hydrogens is 397 g/mol. The zero-order chi connectivity index (χ0) is 22.3. The summed E-state index contributed by atoms with van der Waals surface area (Å²) in [5.41, 5.74) is 2.13. The molecule has 2 aromatic rings. The first-order chi connectivity index (χ1) is 14.2. The van der Waals surface area contributed by atoms with E-state index in [1.54, 1.807) is 18.2 Å². The molecular formula is C22H23F3N2O3. The zero-order valence-electron chi connectivity index (χ0n) is 17.2. The van der Waals surface area contributed by atoms with Gasteiger partial charge in [0.15, 0.2) is 6.29 Å². The van der Waals surface area contributed by atoms with Crippen LogP contribution in [0.4, 0.5) is 13.2 Å². The third kappa shape index (κ3) is 5.68. The van der Waals surface area contributed by atoms with E-state index >= 15 is 0 Å². The van der Waals surface area contributed by atoms with Crippen LogP contribution in [0.15, 0.2) is 52.8 Å². The Hall–Kier alpha value is -3.16. The molecule has 0 amide bonds. The smallest absolute Gasteiger partial charge is 0.399 e. The van der Waals surface area contributed by atoms with Crippen LogP contribution in [0.1, 0.15) is 41.7 Å². The first-order valence-corrected chi connectivity index (χ1v) is 9.21. The molecule has 0 atom stereocenters. The SMILES string of the molecule is CO/N=C(/C=O)c1cccc(C)c1CO/N=C(/c1cccc(C(F)(F)F)c1)C(C)C. The molecule has 30 heavy (non-hydrogen) atoms. The maximum absolute atomic E-state index is 13.0. The maximum Gasteiger partial charge on any atom is 0.416 e. The summed E-state index contributed by atoms with van der Waals surface area (Å²) in [5, 5.41) is 7.83. The highest BCUT2D eigenvalue weighted by Gasteiger charge is 2.31. The largest absolute Gasteiger partial charge is 0.416 e.